The zero-order valence-corrected chi connectivity index (χ0v) is 10.1. The number of piperazine rings is 1. The van der Waals surface area contributed by atoms with E-state index in [9.17, 15) is 4.79 Å². The number of hydrogen-bond acceptors (Lipinski definition) is 3. The minimum atomic E-state index is -0.628. The van der Waals surface area contributed by atoms with Crippen molar-refractivity contribution in [2.45, 2.75) is 18.9 Å². The molecule has 0 spiro atoms. The number of rotatable bonds is 1. The summed E-state index contributed by atoms with van der Waals surface area (Å²) in [5, 5.41) is 12.2. The monoisotopic (exact) mass is 256 g/mol. The van der Waals surface area contributed by atoms with Gasteiger partial charge in [0.15, 0.2) is 0 Å². The van der Waals surface area contributed by atoms with Gasteiger partial charge >= 0.3 is 5.97 Å². The number of carbonyl (C=O) groups is 1. The Balaban J connectivity index is 0.000000980. The molecule has 2 heterocycles. The lowest BCUT2D eigenvalue weighted by atomic mass is 9.92. The fourth-order valence-corrected chi connectivity index (χ4v) is 2.30. The number of aliphatic carboxylic acids is 1. The minimum absolute atomic E-state index is 0. The van der Waals surface area contributed by atoms with Crippen LogP contribution in [0.3, 0.4) is 0 Å². The first-order chi connectivity index (χ1) is 6.27. The molecule has 90 valence electrons. The second-order valence-electron chi connectivity index (χ2n) is 3.97. The van der Waals surface area contributed by atoms with Gasteiger partial charge in [-0.25, -0.2) is 0 Å². The van der Waals surface area contributed by atoms with Crippen molar-refractivity contribution >= 4 is 30.8 Å². The van der Waals surface area contributed by atoms with Crippen molar-refractivity contribution in [2.24, 2.45) is 5.92 Å². The van der Waals surface area contributed by atoms with Crippen molar-refractivity contribution in [2.75, 3.05) is 26.2 Å². The summed E-state index contributed by atoms with van der Waals surface area (Å²) in [6, 6.07) is 0.587. The second kappa shape index (κ2) is 6.53. The van der Waals surface area contributed by atoms with Gasteiger partial charge in [-0.3, -0.25) is 9.69 Å². The van der Waals surface area contributed by atoms with Gasteiger partial charge in [0.1, 0.15) is 0 Å². The summed E-state index contributed by atoms with van der Waals surface area (Å²) < 4.78 is 0. The van der Waals surface area contributed by atoms with Gasteiger partial charge in [-0.15, -0.1) is 24.8 Å². The molecule has 2 aliphatic heterocycles. The third kappa shape index (κ3) is 3.48. The Hall–Kier alpha value is -0.0300. The van der Waals surface area contributed by atoms with Crippen LogP contribution in [0, 0.1) is 5.92 Å². The molecule has 2 atom stereocenters. The first-order valence-corrected chi connectivity index (χ1v) is 4.95. The van der Waals surface area contributed by atoms with E-state index in [1.165, 1.54) is 0 Å². The molecule has 0 aromatic heterocycles. The fourth-order valence-electron chi connectivity index (χ4n) is 2.30. The van der Waals surface area contributed by atoms with Crippen molar-refractivity contribution in [3.63, 3.8) is 0 Å². The number of nitrogens with one attached hydrogen (secondary N) is 1. The highest BCUT2D eigenvalue weighted by atomic mass is 35.5. The molecular weight excluding hydrogens is 239 g/mol. The van der Waals surface area contributed by atoms with Gasteiger partial charge < -0.3 is 10.4 Å². The highest BCUT2D eigenvalue weighted by Gasteiger charge is 2.32. The quantitative estimate of drug-likeness (QED) is 0.722. The van der Waals surface area contributed by atoms with E-state index in [0.29, 0.717) is 6.04 Å². The molecule has 2 saturated heterocycles. The molecule has 2 unspecified atom stereocenters. The number of carboxylic acid groups (broad SMARTS) is 1. The van der Waals surface area contributed by atoms with E-state index in [2.05, 4.69) is 10.2 Å². The number of halogens is 2. The maximum absolute atomic E-state index is 10.8. The zero-order valence-electron chi connectivity index (χ0n) is 8.52. The van der Waals surface area contributed by atoms with Crippen molar-refractivity contribution in [3.8, 4) is 0 Å². The average Bonchev–Trinajstić information content (AvgIpc) is 2.17. The van der Waals surface area contributed by atoms with Crippen LogP contribution in [0.5, 0.6) is 0 Å². The van der Waals surface area contributed by atoms with Gasteiger partial charge in [-0.2, -0.15) is 0 Å². The lowest BCUT2D eigenvalue weighted by Crippen LogP contribution is -2.55. The molecule has 0 aliphatic carbocycles. The largest absolute Gasteiger partial charge is 0.481 e. The molecular formula is C9H18Cl2N2O2. The SMILES string of the molecule is Cl.Cl.O=C(O)C1CCC2CNCCN2C1. The van der Waals surface area contributed by atoms with Crippen LogP contribution in [0.15, 0.2) is 0 Å². The van der Waals surface area contributed by atoms with Crippen LogP contribution in [0.1, 0.15) is 12.8 Å². The predicted octanol–water partition coefficient (Wildman–Crippen LogP) is 0.598. The standard InChI is InChI=1S/C9H16N2O2.2ClH/c12-9(13)7-1-2-8-5-10-3-4-11(8)6-7;;/h7-8,10H,1-6H2,(H,12,13);2*1H. The van der Waals surface area contributed by atoms with Crippen molar-refractivity contribution in [3.05, 3.63) is 0 Å². The van der Waals surface area contributed by atoms with Crippen molar-refractivity contribution in [1.82, 2.24) is 10.2 Å². The maximum Gasteiger partial charge on any atom is 0.307 e. The number of carboxylic acids is 1. The highest BCUT2D eigenvalue weighted by Crippen LogP contribution is 2.22. The maximum atomic E-state index is 10.8. The first-order valence-electron chi connectivity index (χ1n) is 4.95. The van der Waals surface area contributed by atoms with E-state index < -0.39 is 5.97 Å². The van der Waals surface area contributed by atoms with Gasteiger partial charge in [0, 0.05) is 32.2 Å². The van der Waals surface area contributed by atoms with E-state index in [1.54, 1.807) is 0 Å². The first kappa shape index (κ1) is 15.0. The lowest BCUT2D eigenvalue weighted by molar-refractivity contribution is -0.144. The number of fused-ring (bicyclic) bond motifs is 1. The Kier molecular flexibility index (Phi) is 6.52. The van der Waals surface area contributed by atoms with Crippen LogP contribution < -0.4 is 5.32 Å². The molecule has 2 fully saturated rings. The molecule has 2 rings (SSSR count). The molecule has 0 bridgehead atoms. The summed E-state index contributed by atoms with van der Waals surface area (Å²) in [5.74, 6) is -0.758. The molecule has 4 nitrogen and oxygen atoms in total. The summed E-state index contributed by atoms with van der Waals surface area (Å²) in [7, 11) is 0. The number of nitrogens with zero attached hydrogens (tertiary/aromatic N) is 1. The summed E-state index contributed by atoms with van der Waals surface area (Å²) in [4.78, 5) is 13.1. The van der Waals surface area contributed by atoms with Crippen LogP contribution in [-0.2, 0) is 4.79 Å². The highest BCUT2D eigenvalue weighted by molar-refractivity contribution is 5.85. The molecule has 0 saturated carbocycles. The van der Waals surface area contributed by atoms with Gasteiger partial charge in [0.2, 0.25) is 0 Å². The van der Waals surface area contributed by atoms with Crippen LogP contribution in [0.2, 0.25) is 0 Å². The van der Waals surface area contributed by atoms with Gasteiger partial charge in [0.25, 0.3) is 0 Å². The third-order valence-electron chi connectivity index (χ3n) is 3.12. The van der Waals surface area contributed by atoms with E-state index in [4.69, 9.17) is 5.11 Å². The Labute approximate surface area is 102 Å². The van der Waals surface area contributed by atoms with E-state index >= 15 is 0 Å². The minimum Gasteiger partial charge on any atom is -0.481 e. The molecule has 0 aromatic rings. The van der Waals surface area contributed by atoms with E-state index in [0.717, 1.165) is 39.0 Å². The van der Waals surface area contributed by atoms with Crippen LogP contribution in [0.25, 0.3) is 0 Å². The molecule has 2 aliphatic rings. The summed E-state index contributed by atoms with van der Waals surface area (Å²) in [6.07, 6.45) is 1.88. The van der Waals surface area contributed by atoms with Gasteiger partial charge in [-0.1, -0.05) is 0 Å². The van der Waals surface area contributed by atoms with Crippen molar-refractivity contribution in [1.29, 1.82) is 0 Å². The number of piperidine rings is 1. The Morgan fingerprint density at radius 1 is 1.33 bits per heavy atom. The number of hydrogen-bond donors (Lipinski definition) is 2. The molecule has 6 heteroatoms. The average molecular weight is 257 g/mol. The molecule has 0 aromatic carbocycles. The smallest absolute Gasteiger partial charge is 0.307 e. The summed E-state index contributed by atoms with van der Waals surface area (Å²) >= 11 is 0. The molecule has 15 heavy (non-hydrogen) atoms. The predicted molar refractivity (Wildman–Crippen MR) is 63.1 cm³/mol. The Morgan fingerprint density at radius 3 is 2.73 bits per heavy atom. The Morgan fingerprint density at radius 2 is 2.07 bits per heavy atom. The van der Waals surface area contributed by atoms with E-state index in [-0.39, 0.29) is 30.7 Å². The van der Waals surface area contributed by atoms with E-state index in [1.807, 2.05) is 0 Å². The molecule has 2 N–H and O–H groups in total. The van der Waals surface area contributed by atoms with Gasteiger partial charge in [0.05, 0.1) is 5.92 Å². The van der Waals surface area contributed by atoms with Crippen LogP contribution in [-0.4, -0.2) is 48.2 Å². The third-order valence-corrected chi connectivity index (χ3v) is 3.12. The molecule has 0 radical (unpaired) electrons. The lowest BCUT2D eigenvalue weighted by Gasteiger charge is -2.41. The van der Waals surface area contributed by atoms with Crippen molar-refractivity contribution < 1.29 is 9.90 Å². The topological polar surface area (TPSA) is 52.6 Å². The molecule has 0 amide bonds. The second-order valence-corrected chi connectivity index (χ2v) is 3.97. The summed E-state index contributed by atoms with van der Waals surface area (Å²) in [6.45, 7) is 3.80. The fraction of sp³-hybridized carbons (Fsp3) is 0.889. The van der Waals surface area contributed by atoms with Crippen LogP contribution >= 0.6 is 24.8 Å². The Bertz CT molecular complexity index is 216. The zero-order chi connectivity index (χ0) is 9.26. The summed E-state index contributed by atoms with van der Waals surface area (Å²) in [5.41, 5.74) is 0. The van der Waals surface area contributed by atoms with Crippen LogP contribution in [0.4, 0.5) is 0 Å². The van der Waals surface area contributed by atoms with Gasteiger partial charge in [-0.05, 0) is 12.8 Å². The normalized spacial score (nSPS) is 30.7.